The number of carbonyl (C=O) groups is 2. The summed E-state index contributed by atoms with van der Waals surface area (Å²) in [6, 6.07) is 14.5. The zero-order valence-electron chi connectivity index (χ0n) is 18.3. The maximum absolute atomic E-state index is 12.7. The molecule has 0 aliphatic carbocycles. The summed E-state index contributed by atoms with van der Waals surface area (Å²) in [5, 5.41) is 7.24. The SMILES string of the molecule is Cc1nc(COc2ccc(Cl)cc2)sc1C(=O)NCc1cccc(NC(=O)N2CCCC2)c1. The van der Waals surface area contributed by atoms with Gasteiger partial charge in [0.1, 0.15) is 22.2 Å². The Morgan fingerprint density at radius 2 is 1.91 bits per heavy atom. The molecule has 7 nitrogen and oxygen atoms in total. The van der Waals surface area contributed by atoms with E-state index in [1.807, 2.05) is 36.1 Å². The third-order valence-electron chi connectivity index (χ3n) is 5.25. The van der Waals surface area contributed by atoms with Crippen molar-refractivity contribution in [3.8, 4) is 5.75 Å². The Morgan fingerprint density at radius 3 is 2.67 bits per heavy atom. The average molecular weight is 485 g/mol. The van der Waals surface area contributed by atoms with Crippen LogP contribution in [0.4, 0.5) is 10.5 Å². The third-order valence-corrected chi connectivity index (χ3v) is 6.63. The molecule has 2 N–H and O–H groups in total. The lowest BCUT2D eigenvalue weighted by Gasteiger charge is -2.16. The van der Waals surface area contributed by atoms with E-state index in [2.05, 4.69) is 15.6 Å². The number of urea groups is 1. The van der Waals surface area contributed by atoms with Gasteiger partial charge in [0, 0.05) is 30.3 Å². The van der Waals surface area contributed by atoms with Gasteiger partial charge in [-0.1, -0.05) is 23.7 Å². The molecule has 3 aromatic rings. The standard InChI is InChI=1S/C24H25ClN4O3S/c1-16-22(33-21(27-16)15-32-20-9-7-18(25)8-10-20)23(30)26-14-17-5-4-6-19(13-17)28-24(31)29-11-2-3-12-29/h4-10,13H,2-3,11-12,14-15H2,1H3,(H,26,30)(H,28,31). The van der Waals surface area contributed by atoms with E-state index in [9.17, 15) is 9.59 Å². The van der Waals surface area contributed by atoms with Crippen molar-refractivity contribution in [1.29, 1.82) is 0 Å². The number of hydrogen-bond acceptors (Lipinski definition) is 5. The van der Waals surface area contributed by atoms with Crippen LogP contribution in [-0.2, 0) is 13.2 Å². The normalized spacial score (nSPS) is 13.1. The fourth-order valence-electron chi connectivity index (χ4n) is 3.55. The molecular formula is C24H25ClN4O3S. The summed E-state index contributed by atoms with van der Waals surface area (Å²) in [6.07, 6.45) is 2.09. The molecule has 1 fully saturated rings. The van der Waals surface area contributed by atoms with Crippen LogP contribution < -0.4 is 15.4 Å². The monoisotopic (exact) mass is 484 g/mol. The summed E-state index contributed by atoms with van der Waals surface area (Å²) in [5.41, 5.74) is 2.28. The van der Waals surface area contributed by atoms with Gasteiger partial charge in [0.15, 0.2) is 0 Å². The molecule has 0 saturated carbocycles. The quantitative estimate of drug-likeness (QED) is 0.480. The van der Waals surface area contributed by atoms with Gasteiger partial charge in [-0.3, -0.25) is 4.79 Å². The fourth-order valence-corrected chi connectivity index (χ4v) is 4.57. The highest BCUT2D eigenvalue weighted by Crippen LogP contribution is 2.22. The second-order valence-electron chi connectivity index (χ2n) is 7.77. The predicted molar refractivity (Wildman–Crippen MR) is 130 cm³/mol. The molecule has 0 atom stereocenters. The van der Waals surface area contributed by atoms with Crippen molar-refractivity contribution in [3.05, 3.63) is 74.7 Å². The Labute approximate surface area is 201 Å². The van der Waals surface area contributed by atoms with E-state index >= 15 is 0 Å². The minimum atomic E-state index is -0.186. The van der Waals surface area contributed by atoms with Crippen LogP contribution in [0.1, 0.15) is 38.8 Å². The number of rotatable bonds is 7. The highest BCUT2D eigenvalue weighted by atomic mass is 35.5. The fraction of sp³-hybridized carbons (Fsp3) is 0.292. The number of nitrogens with zero attached hydrogens (tertiary/aromatic N) is 2. The van der Waals surface area contributed by atoms with Crippen LogP contribution >= 0.6 is 22.9 Å². The van der Waals surface area contributed by atoms with Gasteiger partial charge in [-0.05, 0) is 61.7 Å². The Kier molecular flexibility index (Phi) is 7.47. The molecule has 1 aliphatic heterocycles. The van der Waals surface area contributed by atoms with Crippen molar-refractivity contribution in [2.24, 2.45) is 0 Å². The van der Waals surface area contributed by atoms with Gasteiger partial charge in [-0.2, -0.15) is 0 Å². The molecule has 1 aliphatic rings. The third kappa shape index (κ3) is 6.24. The van der Waals surface area contributed by atoms with E-state index in [0.29, 0.717) is 33.6 Å². The number of hydrogen-bond donors (Lipinski definition) is 2. The second kappa shape index (κ2) is 10.7. The van der Waals surface area contributed by atoms with Crippen LogP contribution in [0.5, 0.6) is 5.75 Å². The zero-order chi connectivity index (χ0) is 23.2. The molecule has 0 spiro atoms. The van der Waals surface area contributed by atoms with Crippen LogP contribution in [0, 0.1) is 6.92 Å². The molecule has 1 aromatic heterocycles. The molecule has 0 radical (unpaired) electrons. The van der Waals surface area contributed by atoms with Crippen LogP contribution in [0.3, 0.4) is 0 Å². The summed E-state index contributed by atoms with van der Waals surface area (Å²) in [4.78, 5) is 31.9. The van der Waals surface area contributed by atoms with Crippen molar-refractivity contribution < 1.29 is 14.3 Å². The Morgan fingerprint density at radius 1 is 1.15 bits per heavy atom. The lowest BCUT2D eigenvalue weighted by molar-refractivity contribution is 0.0954. The Hall–Kier alpha value is -3.10. The minimum Gasteiger partial charge on any atom is -0.486 e. The zero-order valence-corrected chi connectivity index (χ0v) is 19.8. The number of halogens is 1. The van der Waals surface area contributed by atoms with E-state index in [1.54, 1.807) is 24.3 Å². The van der Waals surface area contributed by atoms with Crippen molar-refractivity contribution in [2.75, 3.05) is 18.4 Å². The molecule has 33 heavy (non-hydrogen) atoms. The van der Waals surface area contributed by atoms with E-state index in [0.717, 1.165) is 36.5 Å². The second-order valence-corrected chi connectivity index (χ2v) is 9.29. The summed E-state index contributed by atoms with van der Waals surface area (Å²) in [6.45, 7) is 4.02. The van der Waals surface area contributed by atoms with Crippen LogP contribution in [-0.4, -0.2) is 34.9 Å². The summed E-state index contributed by atoms with van der Waals surface area (Å²) in [7, 11) is 0. The van der Waals surface area contributed by atoms with Crippen LogP contribution in [0.25, 0.3) is 0 Å². The molecular weight excluding hydrogens is 460 g/mol. The summed E-state index contributed by atoms with van der Waals surface area (Å²) >= 11 is 7.20. The van der Waals surface area contributed by atoms with Gasteiger partial charge in [-0.25, -0.2) is 9.78 Å². The van der Waals surface area contributed by atoms with Crippen molar-refractivity contribution >= 4 is 40.6 Å². The average Bonchev–Trinajstić information content (AvgIpc) is 3.47. The number of thiazole rings is 1. The number of carbonyl (C=O) groups excluding carboxylic acids is 2. The highest BCUT2D eigenvalue weighted by molar-refractivity contribution is 7.13. The number of aryl methyl sites for hydroxylation is 1. The van der Waals surface area contributed by atoms with Crippen molar-refractivity contribution in [3.63, 3.8) is 0 Å². The maximum atomic E-state index is 12.7. The number of nitrogens with one attached hydrogen (secondary N) is 2. The van der Waals surface area contributed by atoms with E-state index in [-0.39, 0.29) is 18.5 Å². The molecule has 1 saturated heterocycles. The van der Waals surface area contributed by atoms with Gasteiger partial charge in [0.2, 0.25) is 0 Å². The first-order chi connectivity index (χ1) is 16.0. The molecule has 172 valence electrons. The Balaban J connectivity index is 1.31. The molecule has 0 bridgehead atoms. The van der Waals surface area contributed by atoms with E-state index in [4.69, 9.17) is 16.3 Å². The predicted octanol–water partition coefficient (Wildman–Crippen LogP) is 5.24. The smallest absolute Gasteiger partial charge is 0.321 e. The van der Waals surface area contributed by atoms with E-state index in [1.165, 1.54) is 11.3 Å². The molecule has 2 heterocycles. The largest absolute Gasteiger partial charge is 0.486 e. The van der Waals surface area contributed by atoms with Gasteiger partial charge >= 0.3 is 6.03 Å². The summed E-state index contributed by atoms with van der Waals surface area (Å²) in [5.74, 6) is 0.504. The molecule has 2 aromatic carbocycles. The number of likely N-dealkylation sites (tertiary alicyclic amines) is 1. The van der Waals surface area contributed by atoms with Crippen LogP contribution in [0.2, 0.25) is 5.02 Å². The molecule has 4 rings (SSSR count). The van der Waals surface area contributed by atoms with Gasteiger partial charge < -0.3 is 20.3 Å². The van der Waals surface area contributed by atoms with Crippen LogP contribution in [0.15, 0.2) is 48.5 Å². The lowest BCUT2D eigenvalue weighted by atomic mass is 10.2. The van der Waals surface area contributed by atoms with Crippen molar-refractivity contribution in [1.82, 2.24) is 15.2 Å². The first-order valence-corrected chi connectivity index (χ1v) is 11.9. The first kappa shape index (κ1) is 23.1. The van der Waals surface area contributed by atoms with Gasteiger partial charge in [0.05, 0.1) is 5.69 Å². The molecule has 0 unspecified atom stereocenters. The lowest BCUT2D eigenvalue weighted by Crippen LogP contribution is -2.32. The molecule has 3 amide bonds. The Bertz CT molecular complexity index is 1130. The van der Waals surface area contributed by atoms with Gasteiger partial charge in [0.25, 0.3) is 5.91 Å². The van der Waals surface area contributed by atoms with E-state index < -0.39 is 0 Å². The maximum Gasteiger partial charge on any atom is 0.321 e. The summed E-state index contributed by atoms with van der Waals surface area (Å²) < 4.78 is 5.73. The van der Waals surface area contributed by atoms with Gasteiger partial charge in [-0.15, -0.1) is 11.3 Å². The van der Waals surface area contributed by atoms with Crippen molar-refractivity contribution in [2.45, 2.75) is 32.9 Å². The topological polar surface area (TPSA) is 83.6 Å². The number of benzene rings is 2. The number of amides is 3. The molecule has 9 heteroatoms. The number of ether oxygens (including phenoxy) is 1. The number of aromatic nitrogens is 1. The number of anilines is 1. The first-order valence-electron chi connectivity index (χ1n) is 10.8. The minimum absolute atomic E-state index is 0.0812. The highest BCUT2D eigenvalue weighted by Gasteiger charge is 2.18.